The van der Waals surface area contributed by atoms with E-state index < -0.39 is 169 Å². The first-order valence-electron chi connectivity index (χ1n) is 42.3. The lowest BCUT2D eigenvalue weighted by molar-refractivity contribution is -0.466. The largest absolute Gasteiger partial charge is 0.443 e. The van der Waals surface area contributed by atoms with Crippen molar-refractivity contribution in [1.29, 1.82) is 0 Å². The van der Waals surface area contributed by atoms with E-state index >= 15 is 53.7 Å². The van der Waals surface area contributed by atoms with Crippen molar-refractivity contribution >= 4 is 46.5 Å². The maximum absolute atomic E-state index is 17.8. The lowest BCUT2D eigenvalue weighted by Gasteiger charge is -2.68. The van der Waals surface area contributed by atoms with Gasteiger partial charge in [-0.3, -0.25) is 38.4 Å². The maximum Gasteiger partial charge on any atom is 0.307 e. The van der Waals surface area contributed by atoms with Gasteiger partial charge in [-0.1, -0.05) is 312 Å². The Kier molecular flexibility index (Phi) is 49.1. The number of esters is 1. The molecule has 2 fully saturated rings. The van der Waals surface area contributed by atoms with Gasteiger partial charge in [0.2, 0.25) is 33.8 Å². The molecule has 1 unspecified atom stereocenters. The predicted octanol–water partition coefficient (Wildman–Crippen LogP) is 16.7. The van der Waals surface area contributed by atoms with Crippen molar-refractivity contribution in [2.75, 3.05) is 13.2 Å². The van der Waals surface area contributed by atoms with Crippen molar-refractivity contribution in [2.24, 2.45) is 0 Å². The molecule has 2 aliphatic heterocycles. The van der Waals surface area contributed by atoms with Crippen LogP contribution in [0.2, 0.25) is 0 Å². The molecule has 0 spiro atoms. The Bertz CT molecular complexity index is 2370. The van der Waals surface area contributed by atoms with Crippen LogP contribution in [-0.2, 0) is 57.3 Å². The second-order valence-electron chi connectivity index (χ2n) is 30.6. The topological polar surface area (TPSA) is 315 Å². The highest BCUT2D eigenvalue weighted by atomic mass is 16.8. The molecular weight excluding hydrogens is 1310 g/mol. The zero-order chi connectivity index (χ0) is 76.7. The van der Waals surface area contributed by atoms with Crippen LogP contribution in [0.25, 0.3) is 0 Å². The summed E-state index contributed by atoms with van der Waals surface area (Å²) in [4.78, 5) is 137. The van der Waals surface area contributed by atoms with Crippen LogP contribution in [0.15, 0.2) is 0 Å². The molecule has 0 aromatic rings. The summed E-state index contributed by atoms with van der Waals surface area (Å²) >= 11 is 0. The SMILES string of the molecule is CCCCCCCCC(=O)O[C@@]1(C(=O)CCCCCCCC)[C@@](O)(C(=O)CCCCCCCC)[C@](O)(C(=O)CCCCCCCC)[C@@](OC2(CO)O[C@H](CO)[C@@H](O)[C@@H]2O)(C(=O)CCCCCCCC)O[C@]1(C(=O)CCCCCCCC)C(O)(C(=O)CCCCCCCC)C(=O)CCCCCCCC. The Hall–Kier alpha value is -3.24. The lowest BCUT2D eigenvalue weighted by Crippen LogP contribution is -2.99. The summed E-state index contributed by atoms with van der Waals surface area (Å²) in [5, 5.41) is 93.6. The first-order chi connectivity index (χ1) is 49.5. The van der Waals surface area contributed by atoms with Crippen molar-refractivity contribution in [2.45, 2.75) is 473 Å². The van der Waals surface area contributed by atoms with Crippen LogP contribution in [-0.4, -0.2) is 153 Å². The minimum absolute atomic E-state index is 0.0414. The summed E-state index contributed by atoms with van der Waals surface area (Å²) in [6, 6.07) is 0. The third-order valence-corrected chi connectivity index (χ3v) is 22.1. The van der Waals surface area contributed by atoms with Gasteiger partial charge in [0.15, 0.2) is 40.5 Å². The van der Waals surface area contributed by atoms with Gasteiger partial charge < -0.3 is 54.7 Å². The number of ether oxygens (including phenoxy) is 4. The van der Waals surface area contributed by atoms with E-state index in [1.165, 1.54) is 0 Å². The summed E-state index contributed by atoms with van der Waals surface area (Å²) in [6.45, 7) is 13.5. The number of carbonyl (C=O) groups excluding carboxylic acids is 8. The Morgan fingerprint density at radius 3 is 0.961 bits per heavy atom. The first kappa shape index (κ1) is 95.8. The normalized spacial score (nSPS) is 24.2. The fourth-order valence-corrected chi connectivity index (χ4v) is 15.7. The van der Waals surface area contributed by atoms with Gasteiger partial charge in [-0.2, -0.15) is 0 Å². The molecule has 0 saturated carbocycles. The van der Waals surface area contributed by atoms with Gasteiger partial charge in [0.05, 0.1) is 6.61 Å². The lowest BCUT2D eigenvalue weighted by atomic mass is 9.47. The van der Waals surface area contributed by atoms with Gasteiger partial charge in [-0.25, -0.2) is 0 Å². The fourth-order valence-electron chi connectivity index (χ4n) is 15.7. The third kappa shape index (κ3) is 26.0. The number of ketones is 7. The molecular formula is C84H150O19. The predicted molar refractivity (Wildman–Crippen MR) is 404 cm³/mol. The van der Waals surface area contributed by atoms with Gasteiger partial charge in [-0.05, 0) is 51.4 Å². The highest BCUT2D eigenvalue weighted by Gasteiger charge is 2.97. The Morgan fingerprint density at radius 2 is 0.641 bits per heavy atom. The highest BCUT2D eigenvalue weighted by Crippen LogP contribution is 2.64. The van der Waals surface area contributed by atoms with E-state index in [9.17, 15) is 20.4 Å². The molecule has 7 N–H and O–H groups in total. The number of unbranched alkanes of at least 4 members (excludes halogenated alkanes) is 40. The van der Waals surface area contributed by atoms with Crippen LogP contribution in [0.5, 0.6) is 0 Å². The Morgan fingerprint density at radius 1 is 0.359 bits per heavy atom. The number of carbonyl (C=O) groups is 8. The number of aliphatic hydroxyl groups excluding tert-OH is 4. The van der Waals surface area contributed by atoms with Crippen molar-refractivity contribution in [1.82, 2.24) is 0 Å². The molecule has 2 aliphatic rings. The van der Waals surface area contributed by atoms with Crippen LogP contribution >= 0.6 is 0 Å². The molecule has 2 saturated heterocycles. The van der Waals surface area contributed by atoms with E-state index in [0.717, 1.165) is 122 Å². The Labute approximate surface area is 622 Å². The Balaban J connectivity index is 4.09. The smallest absolute Gasteiger partial charge is 0.307 e. The summed E-state index contributed by atoms with van der Waals surface area (Å²) in [5.74, 6) is -20.2. The maximum atomic E-state index is 17.8. The van der Waals surface area contributed by atoms with Crippen LogP contribution < -0.4 is 0 Å². The van der Waals surface area contributed by atoms with E-state index in [4.69, 9.17) is 18.9 Å². The van der Waals surface area contributed by atoms with Crippen LogP contribution in [0.1, 0.15) is 415 Å². The molecule has 0 bridgehead atoms. The molecule has 0 aliphatic carbocycles. The molecule has 103 heavy (non-hydrogen) atoms. The van der Waals surface area contributed by atoms with Gasteiger partial charge in [-0.15, -0.1) is 0 Å². The van der Waals surface area contributed by atoms with Crippen LogP contribution in [0.3, 0.4) is 0 Å². The number of hydrogen-bond acceptors (Lipinski definition) is 19. The molecule has 600 valence electrons. The van der Waals surface area contributed by atoms with Gasteiger partial charge in [0, 0.05) is 51.4 Å². The van der Waals surface area contributed by atoms with Crippen molar-refractivity contribution in [3.63, 3.8) is 0 Å². The van der Waals surface area contributed by atoms with E-state index in [2.05, 4.69) is 0 Å². The second-order valence-corrected chi connectivity index (χ2v) is 30.6. The summed E-state index contributed by atoms with van der Waals surface area (Å²) in [7, 11) is 0. The molecule has 19 heteroatoms. The number of aliphatic hydroxyl groups is 7. The number of rotatable bonds is 69. The van der Waals surface area contributed by atoms with Gasteiger partial charge in [0.25, 0.3) is 5.79 Å². The van der Waals surface area contributed by atoms with Crippen LogP contribution in [0, 0.1) is 0 Å². The average molecular weight is 1460 g/mol. The van der Waals surface area contributed by atoms with Gasteiger partial charge in [0.1, 0.15) is 24.9 Å². The quantitative estimate of drug-likeness (QED) is 0.0169. The van der Waals surface area contributed by atoms with Crippen molar-refractivity contribution in [3.8, 4) is 0 Å². The summed E-state index contributed by atoms with van der Waals surface area (Å²) in [6.07, 6.45) is 12.0. The minimum Gasteiger partial charge on any atom is -0.443 e. The van der Waals surface area contributed by atoms with E-state index in [-0.39, 0.29) is 83.5 Å². The monoisotopic (exact) mass is 1460 g/mol. The highest BCUT2D eigenvalue weighted by molar-refractivity contribution is 6.22. The van der Waals surface area contributed by atoms with Gasteiger partial charge >= 0.3 is 5.97 Å². The standard InChI is InChI=1S/C84H150O19/c1-9-17-25-33-41-49-57-68(87)79(97,69(88)58-50-42-34-26-18-10-2)82(72(91)61-53-45-37-29-21-13-5)83(73(92)62-54-46-38-30-22-14-6,101-75(94)64-56-48-40-32-24-16-8)80(98,70(89)59-51-43-35-27-19-11-3)81(99,71(90)60-52-44-36-28-20-12-4)84(103-82,74(93)63-55-47-39-31-23-15-7)102-78(66-86)77(96)76(95)67(65-85)100-78/h67,76-77,85-86,95-99H,9-66H2,1-8H3/t67-,76-,77+,78?,80-,81-,82-,83+,84-/m1/s1. The number of Topliss-reactive ketones (excluding diaryl/α,β-unsaturated/α-hetero) is 7. The molecule has 0 aromatic heterocycles. The van der Waals surface area contributed by atoms with Crippen molar-refractivity contribution in [3.05, 3.63) is 0 Å². The number of hydrogen-bond donors (Lipinski definition) is 7. The van der Waals surface area contributed by atoms with E-state index in [1.54, 1.807) is 0 Å². The zero-order valence-electron chi connectivity index (χ0n) is 66.3. The molecule has 19 nitrogen and oxygen atoms in total. The second kappa shape index (κ2) is 52.8. The summed E-state index contributed by atoms with van der Waals surface area (Å²) < 4.78 is 27.4. The molecule has 0 radical (unpaired) electrons. The average Bonchev–Trinajstić information content (AvgIpc) is 1.33. The minimum atomic E-state index is -4.63. The van der Waals surface area contributed by atoms with E-state index in [1.807, 2.05) is 55.4 Å². The molecule has 2 heterocycles. The van der Waals surface area contributed by atoms with Crippen molar-refractivity contribution < 1.29 is 93.0 Å². The third-order valence-electron chi connectivity index (χ3n) is 22.1. The van der Waals surface area contributed by atoms with E-state index in [0.29, 0.717) is 103 Å². The van der Waals surface area contributed by atoms with Crippen LogP contribution in [0.4, 0.5) is 0 Å². The zero-order valence-corrected chi connectivity index (χ0v) is 66.3. The molecule has 2 rings (SSSR count). The molecule has 9 atom stereocenters. The summed E-state index contributed by atoms with van der Waals surface area (Å²) in [5.41, 5.74) is -22.2. The fraction of sp³-hybridized carbons (Fsp3) is 0.905. The molecule has 0 aromatic carbocycles. The first-order valence-corrected chi connectivity index (χ1v) is 42.3. The molecule has 0 amide bonds.